The van der Waals surface area contributed by atoms with Crippen LogP contribution in [0.2, 0.25) is 0 Å². The number of rotatable bonds is 6. The summed E-state index contributed by atoms with van der Waals surface area (Å²) in [6, 6.07) is 0.896. The standard InChI is InChI=1S/C15H30N2/c1-3-5-7-14(4-2)12-16-10-11-17-9-6-8-15(17)13-16/h14-15H,3-13H2,1-2H3. The van der Waals surface area contributed by atoms with Gasteiger partial charge in [-0.3, -0.25) is 4.90 Å². The van der Waals surface area contributed by atoms with E-state index in [1.54, 1.807) is 0 Å². The molecule has 2 atom stereocenters. The first-order valence-corrected chi connectivity index (χ1v) is 7.79. The van der Waals surface area contributed by atoms with Crippen molar-refractivity contribution in [2.75, 3.05) is 32.7 Å². The van der Waals surface area contributed by atoms with Gasteiger partial charge in [-0.15, -0.1) is 0 Å². The van der Waals surface area contributed by atoms with Gasteiger partial charge in [-0.2, -0.15) is 0 Å². The van der Waals surface area contributed by atoms with Crippen LogP contribution < -0.4 is 0 Å². The van der Waals surface area contributed by atoms with Crippen LogP contribution in [0.25, 0.3) is 0 Å². The third kappa shape index (κ3) is 3.69. The Morgan fingerprint density at radius 1 is 1.18 bits per heavy atom. The maximum atomic E-state index is 2.75. The van der Waals surface area contributed by atoms with Gasteiger partial charge in [-0.05, 0) is 31.7 Å². The van der Waals surface area contributed by atoms with Gasteiger partial charge in [0.1, 0.15) is 0 Å². The zero-order valence-corrected chi connectivity index (χ0v) is 11.8. The number of hydrogen-bond donors (Lipinski definition) is 0. The van der Waals surface area contributed by atoms with E-state index in [-0.39, 0.29) is 0 Å². The molecule has 100 valence electrons. The maximum absolute atomic E-state index is 2.75. The van der Waals surface area contributed by atoms with Crippen LogP contribution in [-0.2, 0) is 0 Å². The van der Waals surface area contributed by atoms with Gasteiger partial charge in [0.25, 0.3) is 0 Å². The van der Waals surface area contributed by atoms with Crippen molar-refractivity contribution >= 4 is 0 Å². The van der Waals surface area contributed by atoms with Crippen molar-refractivity contribution < 1.29 is 0 Å². The molecule has 2 aliphatic rings. The minimum atomic E-state index is 0.896. The smallest absolute Gasteiger partial charge is 0.0224 e. The molecule has 2 heteroatoms. The Morgan fingerprint density at radius 3 is 2.82 bits per heavy atom. The fourth-order valence-electron chi connectivity index (χ4n) is 3.50. The molecule has 2 saturated heterocycles. The lowest BCUT2D eigenvalue weighted by atomic mass is 9.98. The SMILES string of the molecule is CCCCC(CC)CN1CCN2CCCC2C1. The lowest BCUT2D eigenvalue weighted by Gasteiger charge is -2.39. The number of nitrogens with zero attached hydrogens (tertiary/aromatic N) is 2. The Labute approximate surface area is 107 Å². The lowest BCUT2D eigenvalue weighted by Crippen LogP contribution is -2.51. The van der Waals surface area contributed by atoms with Gasteiger partial charge in [-0.1, -0.05) is 33.1 Å². The molecule has 2 rings (SSSR count). The number of hydrogen-bond acceptors (Lipinski definition) is 2. The first kappa shape index (κ1) is 13.4. The molecule has 0 radical (unpaired) electrons. The van der Waals surface area contributed by atoms with E-state index in [0.29, 0.717) is 0 Å². The highest BCUT2D eigenvalue weighted by Gasteiger charge is 2.30. The summed E-state index contributed by atoms with van der Waals surface area (Å²) in [6.07, 6.45) is 8.46. The molecule has 2 heterocycles. The van der Waals surface area contributed by atoms with Crippen LogP contribution in [0, 0.1) is 5.92 Å². The highest BCUT2D eigenvalue weighted by molar-refractivity contribution is 4.87. The molecular weight excluding hydrogens is 208 g/mol. The third-order valence-electron chi connectivity index (χ3n) is 4.73. The second-order valence-corrected chi connectivity index (χ2v) is 6.01. The van der Waals surface area contributed by atoms with Crippen LogP contribution in [0.4, 0.5) is 0 Å². The van der Waals surface area contributed by atoms with Crippen molar-refractivity contribution in [1.82, 2.24) is 9.80 Å². The Morgan fingerprint density at radius 2 is 2.06 bits per heavy atom. The van der Waals surface area contributed by atoms with E-state index in [0.717, 1.165) is 12.0 Å². The molecule has 0 spiro atoms. The zero-order valence-electron chi connectivity index (χ0n) is 11.8. The number of unbranched alkanes of at least 4 members (excludes halogenated alkanes) is 1. The van der Waals surface area contributed by atoms with Gasteiger partial charge in [0.2, 0.25) is 0 Å². The molecular formula is C15H30N2. The van der Waals surface area contributed by atoms with Gasteiger partial charge in [-0.25, -0.2) is 0 Å². The van der Waals surface area contributed by atoms with Crippen molar-refractivity contribution in [1.29, 1.82) is 0 Å². The molecule has 2 aliphatic heterocycles. The van der Waals surface area contributed by atoms with Gasteiger partial charge in [0.05, 0.1) is 0 Å². The highest BCUT2D eigenvalue weighted by atomic mass is 15.3. The molecule has 2 unspecified atom stereocenters. The summed E-state index contributed by atoms with van der Waals surface area (Å²) >= 11 is 0. The molecule has 2 fully saturated rings. The van der Waals surface area contributed by atoms with Crippen molar-refractivity contribution in [3.8, 4) is 0 Å². The van der Waals surface area contributed by atoms with E-state index in [1.807, 2.05) is 0 Å². The molecule has 0 aliphatic carbocycles. The van der Waals surface area contributed by atoms with Crippen LogP contribution in [0.5, 0.6) is 0 Å². The summed E-state index contributed by atoms with van der Waals surface area (Å²) in [7, 11) is 0. The van der Waals surface area contributed by atoms with E-state index < -0.39 is 0 Å². The van der Waals surface area contributed by atoms with E-state index >= 15 is 0 Å². The van der Waals surface area contributed by atoms with Gasteiger partial charge >= 0.3 is 0 Å². The average molecular weight is 238 g/mol. The van der Waals surface area contributed by atoms with Crippen LogP contribution in [0.15, 0.2) is 0 Å². The molecule has 0 saturated carbocycles. The van der Waals surface area contributed by atoms with Crippen LogP contribution in [0.1, 0.15) is 52.4 Å². The molecule has 0 amide bonds. The maximum Gasteiger partial charge on any atom is 0.0224 e. The summed E-state index contributed by atoms with van der Waals surface area (Å²) < 4.78 is 0. The largest absolute Gasteiger partial charge is 0.300 e. The first-order valence-electron chi connectivity index (χ1n) is 7.79. The molecule has 2 nitrogen and oxygen atoms in total. The van der Waals surface area contributed by atoms with Crippen molar-refractivity contribution in [3.05, 3.63) is 0 Å². The van der Waals surface area contributed by atoms with E-state index in [2.05, 4.69) is 23.6 Å². The predicted molar refractivity (Wildman–Crippen MR) is 74.3 cm³/mol. The number of fused-ring (bicyclic) bond motifs is 1. The van der Waals surface area contributed by atoms with Crippen molar-refractivity contribution in [3.63, 3.8) is 0 Å². The Bertz CT molecular complexity index is 217. The molecule has 0 N–H and O–H groups in total. The molecule has 0 bridgehead atoms. The molecule has 17 heavy (non-hydrogen) atoms. The van der Waals surface area contributed by atoms with Crippen LogP contribution >= 0.6 is 0 Å². The van der Waals surface area contributed by atoms with Crippen molar-refractivity contribution in [2.45, 2.75) is 58.4 Å². The van der Waals surface area contributed by atoms with E-state index in [1.165, 1.54) is 71.2 Å². The van der Waals surface area contributed by atoms with Gasteiger partial charge in [0, 0.05) is 32.2 Å². The highest BCUT2D eigenvalue weighted by Crippen LogP contribution is 2.23. The fraction of sp³-hybridized carbons (Fsp3) is 1.00. The van der Waals surface area contributed by atoms with Crippen LogP contribution in [-0.4, -0.2) is 48.6 Å². The topological polar surface area (TPSA) is 6.48 Å². The first-order chi connectivity index (χ1) is 8.33. The molecule has 0 aromatic rings. The van der Waals surface area contributed by atoms with E-state index in [4.69, 9.17) is 0 Å². The summed E-state index contributed by atoms with van der Waals surface area (Å²) in [5.41, 5.74) is 0. The Hall–Kier alpha value is -0.0800. The third-order valence-corrected chi connectivity index (χ3v) is 4.73. The fourth-order valence-corrected chi connectivity index (χ4v) is 3.50. The van der Waals surface area contributed by atoms with E-state index in [9.17, 15) is 0 Å². The summed E-state index contributed by atoms with van der Waals surface area (Å²) in [5.74, 6) is 0.947. The average Bonchev–Trinajstić information content (AvgIpc) is 2.81. The minimum Gasteiger partial charge on any atom is -0.300 e. The summed E-state index contributed by atoms with van der Waals surface area (Å²) in [4.78, 5) is 5.46. The quantitative estimate of drug-likeness (QED) is 0.702. The second kappa shape index (κ2) is 6.75. The van der Waals surface area contributed by atoms with Gasteiger partial charge < -0.3 is 4.90 Å². The molecule has 0 aromatic heterocycles. The normalized spacial score (nSPS) is 28.2. The predicted octanol–water partition coefficient (Wildman–Crippen LogP) is 2.98. The van der Waals surface area contributed by atoms with Crippen LogP contribution in [0.3, 0.4) is 0 Å². The van der Waals surface area contributed by atoms with Gasteiger partial charge in [0.15, 0.2) is 0 Å². The summed E-state index contributed by atoms with van der Waals surface area (Å²) in [5, 5.41) is 0. The number of piperazine rings is 1. The monoisotopic (exact) mass is 238 g/mol. The minimum absolute atomic E-state index is 0.896. The Kier molecular flexibility index (Phi) is 5.30. The summed E-state index contributed by atoms with van der Waals surface area (Å²) in [6.45, 7) is 11.4. The molecule has 0 aromatic carbocycles. The zero-order chi connectivity index (χ0) is 12.1. The lowest BCUT2D eigenvalue weighted by molar-refractivity contribution is 0.0893. The Balaban J connectivity index is 1.74. The van der Waals surface area contributed by atoms with Crippen molar-refractivity contribution in [2.24, 2.45) is 5.92 Å². The second-order valence-electron chi connectivity index (χ2n) is 6.01.